The summed E-state index contributed by atoms with van der Waals surface area (Å²) in [7, 11) is 1.41. The fraction of sp³-hybridized carbons (Fsp3) is 0.429. The Labute approximate surface area is 107 Å². The average molecular weight is 247 g/mol. The van der Waals surface area contributed by atoms with Gasteiger partial charge in [-0.2, -0.15) is 0 Å². The van der Waals surface area contributed by atoms with Crippen LogP contribution in [0.1, 0.15) is 37.4 Å². The first-order chi connectivity index (χ1) is 8.79. The third-order valence-electron chi connectivity index (χ3n) is 2.98. The lowest BCUT2D eigenvalue weighted by Gasteiger charge is -2.07. The fourth-order valence-electron chi connectivity index (χ4n) is 1.96. The molecule has 0 N–H and O–H groups in total. The third kappa shape index (κ3) is 3.32. The number of hydrogen-bond acceptors (Lipinski definition) is 4. The van der Waals surface area contributed by atoms with Gasteiger partial charge in [0, 0.05) is 12.8 Å². The van der Waals surface area contributed by atoms with Gasteiger partial charge in [-0.1, -0.05) is 35.5 Å². The minimum atomic E-state index is -0.172. The Morgan fingerprint density at radius 1 is 1.44 bits per heavy atom. The quantitative estimate of drug-likeness (QED) is 0.752. The van der Waals surface area contributed by atoms with E-state index in [1.165, 1.54) is 7.11 Å². The molecule has 1 aliphatic heterocycles. The predicted octanol–water partition coefficient (Wildman–Crippen LogP) is 2.85. The Bertz CT molecular complexity index is 428. The summed E-state index contributed by atoms with van der Waals surface area (Å²) in [5, 5.41) is 4.08. The Hall–Kier alpha value is -1.84. The fourth-order valence-corrected chi connectivity index (χ4v) is 1.96. The molecule has 1 aromatic rings. The van der Waals surface area contributed by atoms with Gasteiger partial charge >= 0.3 is 5.97 Å². The molecule has 0 bridgehead atoms. The van der Waals surface area contributed by atoms with Crippen molar-refractivity contribution in [2.75, 3.05) is 7.11 Å². The van der Waals surface area contributed by atoms with Crippen LogP contribution >= 0.6 is 0 Å². The van der Waals surface area contributed by atoms with E-state index in [0.29, 0.717) is 6.42 Å². The van der Waals surface area contributed by atoms with E-state index in [9.17, 15) is 4.79 Å². The van der Waals surface area contributed by atoms with Crippen LogP contribution in [0.25, 0.3) is 0 Å². The highest BCUT2D eigenvalue weighted by molar-refractivity contribution is 5.86. The van der Waals surface area contributed by atoms with Gasteiger partial charge in [0.25, 0.3) is 0 Å². The second-order valence-corrected chi connectivity index (χ2v) is 4.30. The van der Waals surface area contributed by atoms with Gasteiger partial charge in [0.15, 0.2) is 6.10 Å². The summed E-state index contributed by atoms with van der Waals surface area (Å²) in [5.41, 5.74) is 2.16. The molecule has 4 heteroatoms. The van der Waals surface area contributed by atoms with Gasteiger partial charge in [-0.05, 0) is 18.4 Å². The first-order valence-electron chi connectivity index (χ1n) is 6.13. The molecule has 0 radical (unpaired) electrons. The normalized spacial score (nSPS) is 18.1. The number of hydrogen-bond donors (Lipinski definition) is 0. The number of esters is 1. The second-order valence-electron chi connectivity index (χ2n) is 4.30. The molecule has 1 heterocycles. The van der Waals surface area contributed by atoms with E-state index >= 15 is 0 Å². The van der Waals surface area contributed by atoms with Crippen LogP contribution in [0.15, 0.2) is 35.5 Å². The smallest absolute Gasteiger partial charge is 0.305 e. The van der Waals surface area contributed by atoms with E-state index < -0.39 is 0 Å². The van der Waals surface area contributed by atoms with Gasteiger partial charge in [-0.25, -0.2) is 0 Å². The van der Waals surface area contributed by atoms with Crippen LogP contribution in [0.3, 0.4) is 0 Å². The van der Waals surface area contributed by atoms with E-state index in [0.717, 1.165) is 30.5 Å². The van der Waals surface area contributed by atoms with Crippen molar-refractivity contribution in [3.8, 4) is 0 Å². The molecule has 0 aromatic heterocycles. The first kappa shape index (κ1) is 12.6. The maximum Gasteiger partial charge on any atom is 0.305 e. The highest BCUT2D eigenvalue weighted by Crippen LogP contribution is 2.28. The number of ether oxygens (including phenoxy) is 1. The predicted molar refractivity (Wildman–Crippen MR) is 68.2 cm³/mol. The lowest BCUT2D eigenvalue weighted by Crippen LogP contribution is -2.03. The van der Waals surface area contributed by atoms with Gasteiger partial charge in [0.2, 0.25) is 0 Å². The minimum absolute atomic E-state index is 0.0272. The van der Waals surface area contributed by atoms with Crippen molar-refractivity contribution in [3.63, 3.8) is 0 Å². The second kappa shape index (κ2) is 6.19. The molecule has 1 aromatic carbocycles. The number of oxime groups is 1. The molecule has 96 valence electrons. The largest absolute Gasteiger partial charge is 0.469 e. The van der Waals surface area contributed by atoms with E-state index in [1.54, 1.807) is 0 Å². The Morgan fingerprint density at radius 3 is 2.94 bits per heavy atom. The van der Waals surface area contributed by atoms with Crippen molar-refractivity contribution in [2.45, 2.75) is 31.8 Å². The third-order valence-corrected chi connectivity index (χ3v) is 2.98. The van der Waals surface area contributed by atoms with Crippen LogP contribution in [-0.4, -0.2) is 18.8 Å². The van der Waals surface area contributed by atoms with Crippen LogP contribution in [0.2, 0.25) is 0 Å². The summed E-state index contributed by atoms with van der Waals surface area (Å²) < 4.78 is 4.60. The number of carbonyl (C=O) groups is 1. The summed E-state index contributed by atoms with van der Waals surface area (Å²) in [6.07, 6.45) is 2.82. The van der Waals surface area contributed by atoms with Crippen LogP contribution < -0.4 is 0 Å². The van der Waals surface area contributed by atoms with Crippen molar-refractivity contribution >= 4 is 11.7 Å². The summed E-state index contributed by atoms with van der Waals surface area (Å²) >= 11 is 0. The zero-order valence-electron chi connectivity index (χ0n) is 10.5. The number of methoxy groups -OCH3 is 1. The lowest BCUT2D eigenvalue weighted by atomic mass is 10.0. The van der Waals surface area contributed by atoms with Crippen LogP contribution in [0.5, 0.6) is 0 Å². The highest BCUT2D eigenvalue weighted by Gasteiger charge is 2.22. The number of nitrogens with zero attached hydrogens (tertiary/aromatic N) is 1. The zero-order valence-corrected chi connectivity index (χ0v) is 10.5. The monoisotopic (exact) mass is 247 g/mol. The molecule has 0 saturated heterocycles. The first-order valence-corrected chi connectivity index (χ1v) is 6.13. The summed E-state index contributed by atoms with van der Waals surface area (Å²) in [5.74, 6) is -0.172. The molecule has 18 heavy (non-hydrogen) atoms. The molecule has 0 saturated carbocycles. The average Bonchev–Trinajstić information content (AvgIpc) is 2.88. The summed E-state index contributed by atoms with van der Waals surface area (Å²) in [4.78, 5) is 16.4. The van der Waals surface area contributed by atoms with E-state index in [-0.39, 0.29) is 12.1 Å². The molecule has 0 amide bonds. The summed E-state index contributed by atoms with van der Waals surface area (Å²) in [6, 6.07) is 10.0. The van der Waals surface area contributed by atoms with Gasteiger partial charge in [0.1, 0.15) is 0 Å². The lowest BCUT2D eigenvalue weighted by molar-refractivity contribution is -0.140. The van der Waals surface area contributed by atoms with Gasteiger partial charge in [0.05, 0.1) is 12.8 Å². The standard InChI is InChI=1S/C14H17NO3/c1-17-14(16)9-5-8-12-10-13(18-15-12)11-6-3-2-4-7-11/h2-4,6-7,13H,5,8-10H2,1H3. The molecule has 0 fully saturated rings. The highest BCUT2D eigenvalue weighted by atomic mass is 16.6. The molecule has 1 unspecified atom stereocenters. The van der Waals surface area contributed by atoms with Crippen molar-refractivity contribution in [1.29, 1.82) is 0 Å². The number of rotatable bonds is 5. The number of benzene rings is 1. The topological polar surface area (TPSA) is 47.9 Å². The molecule has 4 nitrogen and oxygen atoms in total. The van der Waals surface area contributed by atoms with Gasteiger partial charge < -0.3 is 9.57 Å². The molecular weight excluding hydrogens is 230 g/mol. The zero-order chi connectivity index (χ0) is 12.8. The number of carbonyl (C=O) groups excluding carboxylic acids is 1. The maximum atomic E-state index is 11.0. The Morgan fingerprint density at radius 2 is 2.22 bits per heavy atom. The Balaban J connectivity index is 1.76. The van der Waals surface area contributed by atoms with Crippen molar-refractivity contribution < 1.29 is 14.4 Å². The summed E-state index contributed by atoms with van der Waals surface area (Å²) in [6.45, 7) is 0. The molecule has 1 atom stereocenters. The minimum Gasteiger partial charge on any atom is -0.469 e. The van der Waals surface area contributed by atoms with Crippen molar-refractivity contribution in [2.24, 2.45) is 5.16 Å². The van der Waals surface area contributed by atoms with Crippen molar-refractivity contribution in [3.05, 3.63) is 35.9 Å². The van der Waals surface area contributed by atoms with E-state index in [1.807, 2.05) is 30.3 Å². The van der Waals surface area contributed by atoms with Crippen LogP contribution in [-0.2, 0) is 14.4 Å². The van der Waals surface area contributed by atoms with E-state index in [2.05, 4.69) is 9.89 Å². The van der Waals surface area contributed by atoms with Crippen LogP contribution in [0.4, 0.5) is 0 Å². The van der Waals surface area contributed by atoms with Gasteiger partial charge in [-0.3, -0.25) is 4.79 Å². The maximum absolute atomic E-state index is 11.0. The molecule has 0 spiro atoms. The molecule has 0 aliphatic carbocycles. The molecule has 2 rings (SSSR count). The van der Waals surface area contributed by atoms with Crippen LogP contribution in [0, 0.1) is 0 Å². The van der Waals surface area contributed by atoms with Crippen molar-refractivity contribution in [1.82, 2.24) is 0 Å². The van der Waals surface area contributed by atoms with Gasteiger partial charge in [-0.15, -0.1) is 0 Å². The van der Waals surface area contributed by atoms with E-state index in [4.69, 9.17) is 4.84 Å². The molecule has 1 aliphatic rings. The molecular formula is C14H17NO3. The Kier molecular flexibility index (Phi) is 4.34. The SMILES string of the molecule is COC(=O)CCCC1=NOC(c2ccccc2)C1.